The van der Waals surface area contributed by atoms with Crippen LogP contribution in [-0.2, 0) is 17.8 Å². The molecular weight excluding hydrogens is 341 g/mol. The van der Waals surface area contributed by atoms with Crippen molar-refractivity contribution in [1.29, 1.82) is 0 Å². The number of phenols is 1. The lowest BCUT2D eigenvalue weighted by molar-refractivity contribution is -0.129. The number of benzene rings is 3. The summed E-state index contributed by atoms with van der Waals surface area (Å²) in [5.41, 5.74) is 3.71. The number of quaternary nitrogens is 1. The minimum atomic E-state index is -0.314. The van der Waals surface area contributed by atoms with Gasteiger partial charge in [-0.2, -0.15) is 0 Å². The first-order valence-electron chi connectivity index (χ1n) is 8.85. The number of aromatic hydroxyl groups is 1. The van der Waals surface area contributed by atoms with Gasteiger partial charge in [-0.1, -0.05) is 24.3 Å². The number of nitrogens with zero attached hydrogens (tertiary/aromatic N) is 1. The van der Waals surface area contributed by atoms with Crippen molar-refractivity contribution >= 4 is 11.6 Å². The van der Waals surface area contributed by atoms with Gasteiger partial charge in [-0.3, -0.25) is 0 Å². The standard InChI is InChI=1S/C23H22FNO2/c1-17-4-3-5-21(14-17)25(2,16-19-8-12-22(26)13-9-19)23(27)15-18-6-10-20(24)11-7-18/h3-14H,15-16H2,1-2H3/p+1. The first-order chi connectivity index (χ1) is 12.9. The molecule has 1 amide bonds. The van der Waals surface area contributed by atoms with Gasteiger partial charge in [0, 0.05) is 11.6 Å². The zero-order chi connectivity index (χ0) is 19.4. The van der Waals surface area contributed by atoms with Crippen LogP contribution in [0.15, 0.2) is 72.8 Å². The third-order valence-electron chi connectivity index (χ3n) is 4.83. The van der Waals surface area contributed by atoms with Crippen molar-refractivity contribution in [3.63, 3.8) is 0 Å². The maximum absolute atomic E-state index is 13.3. The van der Waals surface area contributed by atoms with E-state index in [1.165, 1.54) is 12.1 Å². The smallest absolute Gasteiger partial charge is 0.323 e. The molecule has 0 aliphatic carbocycles. The van der Waals surface area contributed by atoms with Crippen LogP contribution in [0.1, 0.15) is 16.7 Å². The van der Waals surface area contributed by atoms with Gasteiger partial charge >= 0.3 is 5.91 Å². The van der Waals surface area contributed by atoms with Gasteiger partial charge in [0.1, 0.15) is 23.8 Å². The highest BCUT2D eigenvalue weighted by atomic mass is 19.1. The highest BCUT2D eigenvalue weighted by molar-refractivity contribution is 5.89. The second-order valence-electron chi connectivity index (χ2n) is 7.05. The van der Waals surface area contributed by atoms with Gasteiger partial charge in [0.05, 0.1) is 13.5 Å². The molecule has 0 aliphatic heterocycles. The van der Waals surface area contributed by atoms with Crippen LogP contribution in [0.3, 0.4) is 0 Å². The van der Waals surface area contributed by atoms with Gasteiger partial charge < -0.3 is 5.11 Å². The van der Waals surface area contributed by atoms with Gasteiger partial charge in [-0.15, -0.1) is 0 Å². The second-order valence-corrected chi connectivity index (χ2v) is 7.05. The Morgan fingerprint density at radius 1 is 0.963 bits per heavy atom. The van der Waals surface area contributed by atoms with E-state index in [4.69, 9.17) is 0 Å². The summed E-state index contributed by atoms with van der Waals surface area (Å²) in [4.78, 5) is 13.3. The third-order valence-corrected chi connectivity index (χ3v) is 4.83. The number of likely N-dealkylation sites (N-methyl/N-ethyl adjacent to an activating group) is 1. The lowest BCUT2D eigenvalue weighted by Crippen LogP contribution is -2.50. The predicted octanol–water partition coefficient (Wildman–Crippen LogP) is 4.75. The van der Waals surface area contributed by atoms with E-state index in [1.54, 1.807) is 24.3 Å². The Hall–Kier alpha value is -2.98. The van der Waals surface area contributed by atoms with Gasteiger partial charge in [0.2, 0.25) is 0 Å². The minimum absolute atomic E-state index is 0.0142. The van der Waals surface area contributed by atoms with Crippen molar-refractivity contribution in [2.24, 2.45) is 0 Å². The predicted molar refractivity (Wildman–Crippen MR) is 106 cm³/mol. The molecule has 0 bridgehead atoms. The zero-order valence-corrected chi connectivity index (χ0v) is 15.5. The second kappa shape index (κ2) is 7.72. The summed E-state index contributed by atoms with van der Waals surface area (Å²) in [7, 11) is 1.90. The summed E-state index contributed by atoms with van der Waals surface area (Å²) < 4.78 is 13.3. The summed E-state index contributed by atoms with van der Waals surface area (Å²) in [6.45, 7) is 2.46. The molecule has 138 valence electrons. The maximum atomic E-state index is 13.3. The number of carbonyl (C=O) groups excluding carboxylic acids is 1. The lowest BCUT2D eigenvalue weighted by Gasteiger charge is -2.32. The van der Waals surface area contributed by atoms with Crippen LogP contribution < -0.4 is 4.48 Å². The SMILES string of the molecule is Cc1cccc([N+](C)(Cc2ccc(O)cc2)C(=O)Cc2ccc(F)cc2)c1. The Kier molecular flexibility index (Phi) is 5.38. The summed E-state index contributed by atoms with van der Waals surface area (Å²) in [5, 5.41) is 9.53. The Morgan fingerprint density at radius 3 is 2.22 bits per heavy atom. The van der Waals surface area contributed by atoms with Gasteiger partial charge in [-0.25, -0.2) is 13.7 Å². The number of hydrogen-bond acceptors (Lipinski definition) is 2. The Bertz CT molecular complexity index is 935. The molecule has 3 aromatic carbocycles. The van der Waals surface area contributed by atoms with E-state index in [9.17, 15) is 14.3 Å². The first-order valence-corrected chi connectivity index (χ1v) is 8.85. The van der Waals surface area contributed by atoms with E-state index in [0.717, 1.165) is 22.4 Å². The number of rotatable bonds is 5. The summed E-state index contributed by atoms with van der Waals surface area (Å²) in [5.74, 6) is -0.104. The Labute approximate surface area is 158 Å². The van der Waals surface area contributed by atoms with Crippen LogP contribution in [0.4, 0.5) is 10.1 Å². The lowest BCUT2D eigenvalue weighted by atomic mass is 10.1. The summed E-state index contributed by atoms with van der Waals surface area (Å²) >= 11 is 0. The Morgan fingerprint density at radius 2 is 1.59 bits per heavy atom. The molecule has 0 saturated carbocycles. The molecule has 0 aromatic heterocycles. The van der Waals surface area contributed by atoms with Crippen molar-refractivity contribution in [1.82, 2.24) is 4.48 Å². The van der Waals surface area contributed by atoms with Crippen molar-refractivity contribution in [2.75, 3.05) is 7.05 Å². The topological polar surface area (TPSA) is 37.3 Å². The van der Waals surface area contributed by atoms with Crippen LogP contribution in [0.5, 0.6) is 5.75 Å². The van der Waals surface area contributed by atoms with E-state index < -0.39 is 0 Å². The van der Waals surface area contributed by atoms with Crippen molar-refractivity contribution < 1.29 is 14.3 Å². The number of carbonyl (C=O) groups is 1. The zero-order valence-electron chi connectivity index (χ0n) is 15.5. The molecule has 1 unspecified atom stereocenters. The van der Waals surface area contributed by atoms with Crippen LogP contribution in [0.2, 0.25) is 0 Å². The van der Waals surface area contributed by atoms with Crippen LogP contribution >= 0.6 is 0 Å². The molecule has 27 heavy (non-hydrogen) atoms. The van der Waals surface area contributed by atoms with Crippen LogP contribution in [0, 0.1) is 12.7 Å². The molecule has 1 atom stereocenters. The summed E-state index contributed by atoms with van der Waals surface area (Å²) in [6.07, 6.45) is 0.211. The number of aryl methyl sites for hydroxylation is 1. The van der Waals surface area contributed by atoms with Crippen LogP contribution in [0.25, 0.3) is 0 Å². The molecule has 0 radical (unpaired) electrons. The van der Waals surface area contributed by atoms with Crippen molar-refractivity contribution in [2.45, 2.75) is 19.9 Å². The molecule has 0 spiro atoms. The number of phenolic OH excluding ortho intramolecular Hbond substituents is 1. The van der Waals surface area contributed by atoms with E-state index in [0.29, 0.717) is 6.54 Å². The van der Waals surface area contributed by atoms with Crippen molar-refractivity contribution in [3.05, 3.63) is 95.3 Å². The van der Waals surface area contributed by atoms with Gasteiger partial charge in [0.25, 0.3) is 0 Å². The number of amides is 1. The van der Waals surface area contributed by atoms with Gasteiger partial charge in [-0.05, 0) is 60.5 Å². The monoisotopic (exact) mass is 364 g/mol. The quantitative estimate of drug-likeness (QED) is 0.664. The average molecular weight is 364 g/mol. The minimum Gasteiger partial charge on any atom is -0.508 e. The molecule has 0 heterocycles. The molecule has 3 aromatic rings. The molecule has 0 aliphatic rings. The van der Waals surface area contributed by atoms with E-state index in [1.807, 2.05) is 50.4 Å². The number of halogens is 1. The average Bonchev–Trinajstić information content (AvgIpc) is 2.65. The highest BCUT2D eigenvalue weighted by Gasteiger charge is 2.34. The normalized spacial score (nSPS) is 13.1. The highest BCUT2D eigenvalue weighted by Crippen LogP contribution is 2.27. The fourth-order valence-electron chi connectivity index (χ4n) is 3.18. The van der Waals surface area contributed by atoms with Crippen LogP contribution in [-0.4, -0.2) is 18.1 Å². The first kappa shape index (κ1) is 18.8. The molecule has 3 nitrogen and oxygen atoms in total. The fourth-order valence-corrected chi connectivity index (χ4v) is 3.18. The molecule has 0 fully saturated rings. The van der Waals surface area contributed by atoms with Gasteiger partial charge in [0.15, 0.2) is 0 Å². The van der Waals surface area contributed by atoms with E-state index >= 15 is 0 Å². The molecule has 0 saturated heterocycles. The molecule has 3 rings (SSSR count). The summed E-state index contributed by atoms with van der Waals surface area (Å²) in [6, 6.07) is 20.9. The third kappa shape index (κ3) is 4.41. The molecular formula is C23H23FNO2+. The van der Waals surface area contributed by atoms with Crippen molar-refractivity contribution in [3.8, 4) is 5.75 Å². The maximum Gasteiger partial charge on any atom is 0.323 e. The largest absolute Gasteiger partial charge is 0.508 e. The molecule has 1 N–H and O–H groups in total. The number of hydrogen-bond donors (Lipinski definition) is 1. The van der Waals surface area contributed by atoms with E-state index in [2.05, 4.69) is 0 Å². The van der Waals surface area contributed by atoms with E-state index in [-0.39, 0.29) is 28.4 Å². The fraction of sp³-hybridized carbons (Fsp3) is 0.174. The Balaban J connectivity index is 1.96. The molecule has 4 heteroatoms.